The van der Waals surface area contributed by atoms with Crippen LogP contribution in [0.15, 0.2) is 12.5 Å². The van der Waals surface area contributed by atoms with Gasteiger partial charge in [0.15, 0.2) is 0 Å². The highest BCUT2D eigenvalue weighted by Gasteiger charge is 2.65. The topological polar surface area (TPSA) is 55.9 Å². The molecule has 1 aromatic rings. The van der Waals surface area contributed by atoms with E-state index in [9.17, 15) is 0 Å². The van der Waals surface area contributed by atoms with Crippen molar-refractivity contribution in [3.63, 3.8) is 0 Å². The van der Waals surface area contributed by atoms with E-state index in [1.807, 2.05) is 17.9 Å². The quantitative estimate of drug-likeness (QED) is 0.548. The molecule has 0 aromatic carbocycles. The summed E-state index contributed by atoms with van der Waals surface area (Å²) >= 11 is 0. The van der Waals surface area contributed by atoms with E-state index < -0.39 is 0 Å². The Morgan fingerprint density at radius 3 is 2.93 bits per heavy atom. The number of hydrogen-bond donors (Lipinski definition) is 2. The summed E-state index contributed by atoms with van der Waals surface area (Å²) in [6.07, 6.45) is 8.00. The minimum absolute atomic E-state index is 0.263. The van der Waals surface area contributed by atoms with Gasteiger partial charge in [0.25, 0.3) is 0 Å². The molecule has 1 aromatic heterocycles. The van der Waals surface area contributed by atoms with Crippen molar-refractivity contribution in [2.24, 2.45) is 24.2 Å². The third-order valence-electron chi connectivity index (χ3n) is 3.77. The van der Waals surface area contributed by atoms with E-state index in [4.69, 9.17) is 5.84 Å². The van der Waals surface area contributed by atoms with E-state index >= 15 is 0 Å². The highest BCUT2D eigenvalue weighted by atomic mass is 15.3. The molecule has 0 saturated heterocycles. The summed E-state index contributed by atoms with van der Waals surface area (Å²) in [6, 6.07) is 0.263. The summed E-state index contributed by atoms with van der Waals surface area (Å²) in [7, 11) is 1.99. The molecule has 0 bridgehead atoms. The Balaban J connectivity index is 1.81. The number of nitrogens with zero attached hydrogens (tertiary/aromatic N) is 2. The smallest absolute Gasteiger partial charge is 0.0947 e. The lowest BCUT2D eigenvalue weighted by Crippen LogP contribution is -2.30. The fourth-order valence-electron chi connectivity index (χ4n) is 2.59. The van der Waals surface area contributed by atoms with Gasteiger partial charge in [0.1, 0.15) is 0 Å². The van der Waals surface area contributed by atoms with Crippen molar-refractivity contribution in [2.45, 2.75) is 25.3 Å². The monoisotopic (exact) mass is 192 g/mol. The van der Waals surface area contributed by atoms with E-state index in [0.29, 0.717) is 5.41 Å². The van der Waals surface area contributed by atoms with Crippen LogP contribution >= 0.6 is 0 Å². The first-order valence-corrected chi connectivity index (χ1v) is 5.19. The molecule has 2 saturated carbocycles. The number of nitrogens with one attached hydrogen (secondary N) is 1. The molecule has 76 valence electrons. The molecule has 14 heavy (non-hydrogen) atoms. The van der Waals surface area contributed by atoms with Crippen LogP contribution in [0.5, 0.6) is 0 Å². The van der Waals surface area contributed by atoms with Crippen LogP contribution in [-0.4, -0.2) is 9.55 Å². The second kappa shape index (κ2) is 2.58. The lowest BCUT2D eigenvalue weighted by Gasteiger charge is -2.12. The van der Waals surface area contributed by atoms with Gasteiger partial charge in [-0.25, -0.2) is 4.98 Å². The maximum Gasteiger partial charge on any atom is 0.0947 e. The van der Waals surface area contributed by atoms with Crippen LogP contribution in [-0.2, 0) is 7.05 Å². The first kappa shape index (κ1) is 8.44. The van der Waals surface area contributed by atoms with Crippen molar-refractivity contribution in [3.8, 4) is 0 Å². The van der Waals surface area contributed by atoms with Crippen LogP contribution in [0.3, 0.4) is 0 Å². The number of imidazole rings is 1. The number of aromatic nitrogens is 2. The van der Waals surface area contributed by atoms with Gasteiger partial charge in [-0.3, -0.25) is 11.3 Å². The minimum Gasteiger partial charge on any atom is -0.340 e. The number of hydrazine groups is 1. The zero-order valence-corrected chi connectivity index (χ0v) is 8.40. The molecule has 4 heteroatoms. The van der Waals surface area contributed by atoms with Crippen molar-refractivity contribution >= 4 is 0 Å². The Kier molecular flexibility index (Phi) is 1.56. The Hall–Kier alpha value is -0.870. The van der Waals surface area contributed by atoms with Crippen LogP contribution in [0.1, 0.15) is 31.0 Å². The van der Waals surface area contributed by atoms with E-state index in [1.54, 1.807) is 0 Å². The van der Waals surface area contributed by atoms with E-state index in [1.165, 1.54) is 19.3 Å². The summed E-state index contributed by atoms with van der Waals surface area (Å²) in [5.41, 5.74) is 4.66. The Morgan fingerprint density at radius 2 is 2.50 bits per heavy atom. The first-order valence-electron chi connectivity index (χ1n) is 5.19. The van der Waals surface area contributed by atoms with Crippen molar-refractivity contribution in [1.29, 1.82) is 0 Å². The van der Waals surface area contributed by atoms with E-state index in [-0.39, 0.29) is 6.04 Å². The molecule has 1 spiro atoms. The highest BCUT2D eigenvalue weighted by molar-refractivity contribution is 5.20. The summed E-state index contributed by atoms with van der Waals surface area (Å²) in [5, 5.41) is 0. The molecule has 1 heterocycles. The van der Waals surface area contributed by atoms with E-state index in [2.05, 4.69) is 16.6 Å². The van der Waals surface area contributed by atoms with Crippen LogP contribution < -0.4 is 11.3 Å². The average Bonchev–Trinajstić information content (AvgIpc) is 3.04. The molecule has 2 aliphatic rings. The maximum absolute atomic E-state index is 5.60. The molecule has 2 unspecified atom stereocenters. The molecule has 2 aliphatic carbocycles. The van der Waals surface area contributed by atoms with Crippen LogP contribution in [0, 0.1) is 11.3 Å². The van der Waals surface area contributed by atoms with Crippen molar-refractivity contribution < 1.29 is 0 Å². The highest BCUT2D eigenvalue weighted by Crippen LogP contribution is 2.73. The lowest BCUT2D eigenvalue weighted by atomic mass is 10.1. The zero-order valence-electron chi connectivity index (χ0n) is 8.40. The van der Waals surface area contributed by atoms with Crippen LogP contribution in [0.2, 0.25) is 0 Å². The molecule has 2 fully saturated rings. The Bertz CT molecular complexity index is 353. The minimum atomic E-state index is 0.263. The van der Waals surface area contributed by atoms with Gasteiger partial charge in [-0.15, -0.1) is 0 Å². The van der Waals surface area contributed by atoms with Gasteiger partial charge in [-0.2, -0.15) is 0 Å². The predicted molar refractivity (Wildman–Crippen MR) is 53.0 cm³/mol. The number of hydrogen-bond acceptors (Lipinski definition) is 3. The molecule has 0 aliphatic heterocycles. The Morgan fingerprint density at radius 1 is 1.71 bits per heavy atom. The van der Waals surface area contributed by atoms with Gasteiger partial charge in [0.05, 0.1) is 18.1 Å². The van der Waals surface area contributed by atoms with Gasteiger partial charge < -0.3 is 4.57 Å². The van der Waals surface area contributed by atoms with E-state index in [0.717, 1.165) is 11.6 Å². The van der Waals surface area contributed by atoms with Gasteiger partial charge in [0.2, 0.25) is 0 Å². The number of aryl methyl sites for hydroxylation is 1. The normalized spacial score (nSPS) is 29.1. The first-order chi connectivity index (χ1) is 6.75. The summed E-state index contributed by atoms with van der Waals surface area (Å²) < 4.78 is 1.97. The predicted octanol–water partition coefficient (Wildman–Crippen LogP) is 0.725. The molecule has 0 radical (unpaired) electrons. The molecule has 3 N–H and O–H groups in total. The second-order valence-corrected chi connectivity index (χ2v) is 4.78. The van der Waals surface area contributed by atoms with Crippen molar-refractivity contribution in [3.05, 3.63) is 18.2 Å². The zero-order chi connectivity index (χ0) is 9.76. The standard InChI is InChI=1S/C10H16N4/c1-14-5-8(12-6-14)9(13-11)7-4-10(7)2-3-10/h5-7,9,13H,2-4,11H2,1H3. The third-order valence-corrected chi connectivity index (χ3v) is 3.77. The van der Waals surface area contributed by atoms with Crippen molar-refractivity contribution in [2.75, 3.05) is 0 Å². The SMILES string of the molecule is Cn1cnc(C(NN)C2CC23CC3)c1. The maximum atomic E-state index is 5.60. The van der Waals surface area contributed by atoms with Gasteiger partial charge >= 0.3 is 0 Å². The third kappa shape index (κ3) is 1.11. The average molecular weight is 192 g/mol. The molecule has 4 nitrogen and oxygen atoms in total. The van der Waals surface area contributed by atoms with Crippen LogP contribution in [0.25, 0.3) is 0 Å². The largest absolute Gasteiger partial charge is 0.340 e. The molecular weight excluding hydrogens is 176 g/mol. The number of rotatable bonds is 3. The van der Waals surface area contributed by atoms with Gasteiger partial charge in [-0.05, 0) is 30.6 Å². The fraction of sp³-hybridized carbons (Fsp3) is 0.700. The molecule has 3 rings (SSSR count). The van der Waals surface area contributed by atoms with Gasteiger partial charge in [0, 0.05) is 13.2 Å². The van der Waals surface area contributed by atoms with Gasteiger partial charge in [-0.1, -0.05) is 0 Å². The Labute approximate surface area is 83.5 Å². The van der Waals surface area contributed by atoms with Crippen LogP contribution in [0.4, 0.5) is 0 Å². The second-order valence-electron chi connectivity index (χ2n) is 4.78. The van der Waals surface area contributed by atoms with Crippen molar-refractivity contribution in [1.82, 2.24) is 15.0 Å². The summed E-state index contributed by atoms with van der Waals surface area (Å²) in [5.74, 6) is 6.33. The molecule has 2 atom stereocenters. The molecule has 0 amide bonds. The number of nitrogens with two attached hydrogens (primary N) is 1. The molecular formula is C10H16N4. The lowest BCUT2D eigenvalue weighted by molar-refractivity contribution is 0.455. The summed E-state index contributed by atoms with van der Waals surface area (Å²) in [6.45, 7) is 0. The summed E-state index contributed by atoms with van der Waals surface area (Å²) in [4.78, 5) is 4.36. The fourth-order valence-corrected chi connectivity index (χ4v) is 2.59.